The molecule has 5 heteroatoms. The van der Waals surface area contributed by atoms with Crippen molar-refractivity contribution in [3.63, 3.8) is 0 Å². The molecule has 2 heterocycles. The Hall–Kier alpha value is -2.79. The van der Waals surface area contributed by atoms with E-state index in [1.807, 2.05) is 24.3 Å². The lowest BCUT2D eigenvalue weighted by Gasteiger charge is -2.31. The van der Waals surface area contributed by atoms with Crippen molar-refractivity contribution < 1.29 is 9.47 Å². The first-order valence-corrected chi connectivity index (χ1v) is 9.80. The highest BCUT2D eigenvalue weighted by Crippen LogP contribution is 2.30. The highest BCUT2D eigenvalue weighted by atomic mass is 16.5. The summed E-state index contributed by atoms with van der Waals surface area (Å²) in [5.74, 6) is 2.32. The van der Waals surface area contributed by atoms with Crippen LogP contribution in [-0.4, -0.2) is 42.4 Å². The second-order valence-electron chi connectivity index (χ2n) is 7.34. The van der Waals surface area contributed by atoms with Gasteiger partial charge >= 0.3 is 0 Å². The van der Waals surface area contributed by atoms with Crippen LogP contribution in [0.4, 0.5) is 0 Å². The van der Waals surface area contributed by atoms with Crippen LogP contribution < -0.4 is 9.47 Å². The molecule has 0 aliphatic carbocycles. The van der Waals surface area contributed by atoms with Crippen LogP contribution in [0, 0.1) is 0 Å². The number of likely N-dealkylation sites (tertiary alicyclic amines) is 1. The summed E-state index contributed by atoms with van der Waals surface area (Å²) in [7, 11) is 3.39. The molecular weight excluding hydrogens is 350 g/mol. The summed E-state index contributed by atoms with van der Waals surface area (Å²) in [6, 6.07) is 18.6. The van der Waals surface area contributed by atoms with Crippen molar-refractivity contribution in [1.29, 1.82) is 0 Å². The first-order valence-electron chi connectivity index (χ1n) is 9.80. The van der Waals surface area contributed by atoms with E-state index >= 15 is 0 Å². The summed E-state index contributed by atoms with van der Waals surface area (Å²) in [5, 5.41) is 7.80. The van der Waals surface area contributed by atoms with Crippen molar-refractivity contribution in [3.8, 4) is 22.8 Å². The monoisotopic (exact) mass is 377 g/mol. The van der Waals surface area contributed by atoms with E-state index < -0.39 is 0 Å². The Morgan fingerprint density at radius 1 is 0.929 bits per heavy atom. The molecule has 1 aliphatic rings. The van der Waals surface area contributed by atoms with Crippen LogP contribution in [0.15, 0.2) is 54.6 Å². The number of nitrogens with zero attached hydrogens (tertiary/aromatic N) is 2. The van der Waals surface area contributed by atoms with E-state index in [1.165, 1.54) is 11.3 Å². The SMILES string of the molecule is COc1ccc(CN2CCC(c3cc(-c4ccc(OC)cc4)n[nH]3)CC2)cc1. The van der Waals surface area contributed by atoms with Crippen LogP contribution in [-0.2, 0) is 6.54 Å². The molecule has 28 heavy (non-hydrogen) atoms. The topological polar surface area (TPSA) is 50.4 Å². The van der Waals surface area contributed by atoms with E-state index in [0.29, 0.717) is 5.92 Å². The van der Waals surface area contributed by atoms with Gasteiger partial charge in [0.25, 0.3) is 0 Å². The third kappa shape index (κ3) is 4.20. The van der Waals surface area contributed by atoms with Crippen molar-refractivity contribution in [2.24, 2.45) is 0 Å². The number of hydrogen-bond acceptors (Lipinski definition) is 4. The maximum absolute atomic E-state index is 5.24. The zero-order chi connectivity index (χ0) is 19.3. The molecule has 1 aliphatic heterocycles. The van der Waals surface area contributed by atoms with Crippen molar-refractivity contribution in [2.45, 2.75) is 25.3 Å². The van der Waals surface area contributed by atoms with Crippen LogP contribution in [0.25, 0.3) is 11.3 Å². The number of aromatic amines is 1. The second-order valence-corrected chi connectivity index (χ2v) is 7.34. The number of aromatic nitrogens is 2. The van der Waals surface area contributed by atoms with Gasteiger partial charge in [0.15, 0.2) is 0 Å². The van der Waals surface area contributed by atoms with Gasteiger partial charge in [-0.3, -0.25) is 10.00 Å². The molecule has 0 saturated carbocycles. The number of nitrogens with one attached hydrogen (secondary N) is 1. The molecule has 0 spiro atoms. The van der Waals surface area contributed by atoms with Crippen molar-refractivity contribution in [2.75, 3.05) is 27.3 Å². The van der Waals surface area contributed by atoms with Gasteiger partial charge in [0.1, 0.15) is 11.5 Å². The van der Waals surface area contributed by atoms with E-state index in [2.05, 4.69) is 45.4 Å². The number of methoxy groups -OCH3 is 2. The fraction of sp³-hybridized carbons (Fsp3) is 0.348. The highest BCUT2D eigenvalue weighted by molar-refractivity contribution is 5.60. The molecular formula is C23H27N3O2. The normalized spacial score (nSPS) is 15.5. The average molecular weight is 377 g/mol. The van der Waals surface area contributed by atoms with Gasteiger partial charge in [0, 0.05) is 23.7 Å². The predicted octanol–water partition coefficient (Wildman–Crippen LogP) is 4.47. The van der Waals surface area contributed by atoms with Crippen molar-refractivity contribution in [3.05, 3.63) is 65.9 Å². The number of hydrogen-bond donors (Lipinski definition) is 1. The van der Waals surface area contributed by atoms with E-state index in [-0.39, 0.29) is 0 Å². The summed E-state index contributed by atoms with van der Waals surface area (Å²) >= 11 is 0. The van der Waals surface area contributed by atoms with E-state index in [9.17, 15) is 0 Å². The van der Waals surface area contributed by atoms with Gasteiger partial charge in [0.05, 0.1) is 19.9 Å². The summed E-state index contributed by atoms with van der Waals surface area (Å²) in [6.07, 6.45) is 2.31. The number of benzene rings is 2. The molecule has 5 nitrogen and oxygen atoms in total. The summed E-state index contributed by atoms with van der Waals surface area (Å²) in [5.41, 5.74) is 4.69. The van der Waals surface area contributed by atoms with Crippen LogP contribution in [0.3, 0.4) is 0 Å². The maximum atomic E-state index is 5.24. The van der Waals surface area contributed by atoms with E-state index in [4.69, 9.17) is 9.47 Å². The van der Waals surface area contributed by atoms with Gasteiger partial charge in [-0.2, -0.15) is 5.10 Å². The second kappa shape index (κ2) is 8.48. The van der Waals surface area contributed by atoms with Gasteiger partial charge in [-0.15, -0.1) is 0 Å². The Morgan fingerprint density at radius 3 is 2.14 bits per heavy atom. The largest absolute Gasteiger partial charge is 0.497 e. The van der Waals surface area contributed by atoms with Crippen LogP contribution in [0.5, 0.6) is 11.5 Å². The van der Waals surface area contributed by atoms with Gasteiger partial charge in [-0.1, -0.05) is 12.1 Å². The molecule has 1 aromatic heterocycles. The summed E-state index contributed by atoms with van der Waals surface area (Å²) < 4.78 is 10.5. The number of rotatable bonds is 6. The fourth-order valence-corrected chi connectivity index (χ4v) is 3.85. The smallest absolute Gasteiger partial charge is 0.118 e. The molecule has 1 saturated heterocycles. The fourth-order valence-electron chi connectivity index (χ4n) is 3.85. The van der Waals surface area contributed by atoms with Crippen LogP contribution in [0.2, 0.25) is 0 Å². The molecule has 4 rings (SSSR count). The maximum Gasteiger partial charge on any atom is 0.118 e. The number of ether oxygens (including phenoxy) is 2. The Morgan fingerprint density at radius 2 is 1.54 bits per heavy atom. The molecule has 1 fully saturated rings. The Kier molecular flexibility index (Phi) is 5.63. The van der Waals surface area contributed by atoms with E-state index in [0.717, 1.165) is 55.2 Å². The van der Waals surface area contributed by atoms with Crippen molar-refractivity contribution >= 4 is 0 Å². The highest BCUT2D eigenvalue weighted by Gasteiger charge is 2.22. The molecule has 0 unspecified atom stereocenters. The summed E-state index contributed by atoms with van der Waals surface area (Å²) in [4.78, 5) is 2.53. The van der Waals surface area contributed by atoms with Crippen molar-refractivity contribution in [1.82, 2.24) is 15.1 Å². The van der Waals surface area contributed by atoms with Crippen LogP contribution >= 0.6 is 0 Å². The van der Waals surface area contributed by atoms with Gasteiger partial charge in [0.2, 0.25) is 0 Å². The first-order chi connectivity index (χ1) is 13.7. The standard InChI is InChI=1S/C23H27N3O2/c1-27-20-7-3-17(4-8-20)16-26-13-11-19(12-14-26)23-15-22(24-25-23)18-5-9-21(28-2)10-6-18/h3-10,15,19H,11-14,16H2,1-2H3,(H,24,25). The molecule has 0 bridgehead atoms. The minimum Gasteiger partial charge on any atom is -0.497 e. The molecule has 0 amide bonds. The zero-order valence-corrected chi connectivity index (χ0v) is 16.5. The quantitative estimate of drug-likeness (QED) is 0.688. The van der Waals surface area contributed by atoms with Gasteiger partial charge in [-0.25, -0.2) is 0 Å². The molecule has 0 radical (unpaired) electrons. The molecule has 146 valence electrons. The Labute approximate surface area is 166 Å². The Balaban J connectivity index is 1.34. The molecule has 0 atom stereocenters. The zero-order valence-electron chi connectivity index (χ0n) is 16.5. The minimum absolute atomic E-state index is 0.548. The molecule has 3 aromatic rings. The van der Waals surface area contributed by atoms with Gasteiger partial charge in [-0.05, 0) is 74.0 Å². The minimum atomic E-state index is 0.548. The average Bonchev–Trinajstić information content (AvgIpc) is 3.25. The van der Waals surface area contributed by atoms with E-state index in [1.54, 1.807) is 14.2 Å². The Bertz CT molecular complexity index is 879. The lowest BCUT2D eigenvalue weighted by atomic mass is 9.93. The first kappa shape index (κ1) is 18.6. The van der Waals surface area contributed by atoms with Crippen LogP contribution in [0.1, 0.15) is 30.0 Å². The van der Waals surface area contributed by atoms with Gasteiger partial charge < -0.3 is 9.47 Å². The molecule has 1 N–H and O–H groups in total. The number of H-pyrrole nitrogens is 1. The molecule has 2 aromatic carbocycles. The lowest BCUT2D eigenvalue weighted by molar-refractivity contribution is 0.203. The number of piperidine rings is 1. The third-order valence-corrected chi connectivity index (χ3v) is 5.58. The summed E-state index contributed by atoms with van der Waals surface area (Å²) in [6.45, 7) is 3.21. The lowest BCUT2D eigenvalue weighted by Crippen LogP contribution is -2.32. The predicted molar refractivity (Wildman–Crippen MR) is 111 cm³/mol. The third-order valence-electron chi connectivity index (χ3n) is 5.58.